The van der Waals surface area contributed by atoms with E-state index >= 15 is 0 Å². The maximum atomic E-state index is 5.57. The Kier molecular flexibility index (Phi) is 7.61. The van der Waals surface area contributed by atoms with Gasteiger partial charge in [0.25, 0.3) is 0 Å². The standard InChI is InChI=1S/C10H13Br2NO.ClH/c1-3-14-10-7(6-13-2)4-8(11)5-9(10)12;/h4-5,13H,3,6H2,1-2H3;1H. The lowest BCUT2D eigenvalue weighted by Crippen LogP contribution is -2.08. The van der Waals surface area contributed by atoms with Crippen molar-refractivity contribution in [2.75, 3.05) is 13.7 Å². The molecule has 0 amide bonds. The SMILES string of the molecule is CCOc1c(Br)cc(Br)cc1CNC.Cl. The van der Waals surface area contributed by atoms with Crippen molar-refractivity contribution in [2.24, 2.45) is 0 Å². The third kappa shape index (κ3) is 4.31. The molecule has 0 radical (unpaired) electrons. The predicted octanol–water partition coefficient (Wildman–Crippen LogP) is 3.75. The van der Waals surface area contributed by atoms with E-state index in [2.05, 4.69) is 43.2 Å². The summed E-state index contributed by atoms with van der Waals surface area (Å²) in [6.45, 7) is 3.46. The molecular weight excluding hydrogens is 345 g/mol. The number of hydrogen-bond donors (Lipinski definition) is 1. The van der Waals surface area contributed by atoms with E-state index < -0.39 is 0 Å². The number of nitrogens with one attached hydrogen (secondary N) is 1. The quantitative estimate of drug-likeness (QED) is 0.884. The largest absolute Gasteiger partial charge is 0.492 e. The summed E-state index contributed by atoms with van der Waals surface area (Å²) in [6.07, 6.45) is 0. The summed E-state index contributed by atoms with van der Waals surface area (Å²) in [5.41, 5.74) is 1.15. The van der Waals surface area contributed by atoms with Gasteiger partial charge in [-0.2, -0.15) is 0 Å². The molecule has 1 aromatic rings. The lowest BCUT2D eigenvalue weighted by atomic mass is 10.2. The summed E-state index contributed by atoms with van der Waals surface area (Å²) in [6, 6.07) is 4.05. The molecule has 0 aliphatic carbocycles. The molecule has 0 atom stereocenters. The minimum Gasteiger partial charge on any atom is -0.492 e. The average molecular weight is 359 g/mol. The predicted molar refractivity (Wildman–Crippen MR) is 73.0 cm³/mol. The van der Waals surface area contributed by atoms with Gasteiger partial charge in [-0.3, -0.25) is 0 Å². The zero-order valence-electron chi connectivity index (χ0n) is 8.64. The van der Waals surface area contributed by atoms with Gasteiger partial charge in [0, 0.05) is 16.6 Å². The molecule has 0 bridgehead atoms. The summed E-state index contributed by atoms with van der Waals surface area (Å²) >= 11 is 6.94. The third-order valence-electron chi connectivity index (χ3n) is 1.74. The summed E-state index contributed by atoms with van der Waals surface area (Å²) in [7, 11) is 1.92. The molecule has 0 saturated heterocycles. The molecule has 86 valence electrons. The van der Waals surface area contributed by atoms with Gasteiger partial charge in [-0.15, -0.1) is 12.4 Å². The lowest BCUT2D eigenvalue weighted by molar-refractivity contribution is 0.333. The van der Waals surface area contributed by atoms with Crippen molar-refractivity contribution in [3.8, 4) is 5.75 Å². The number of ether oxygens (including phenoxy) is 1. The molecule has 0 aliphatic heterocycles. The van der Waals surface area contributed by atoms with Crippen LogP contribution in [-0.4, -0.2) is 13.7 Å². The first-order chi connectivity index (χ1) is 6.69. The van der Waals surface area contributed by atoms with Gasteiger partial charge in [0.1, 0.15) is 5.75 Å². The first kappa shape index (κ1) is 15.2. The van der Waals surface area contributed by atoms with Crippen molar-refractivity contribution < 1.29 is 4.74 Å². The fourth-order valence-electron chi connectivity index (χ4n) is 1.24. The van der Waals surface area contributed by atoms with Crippen LogP contribution in [0.3, 0.4) is 0 Å². The third-order valence-corrected chi connectivity index (χ3v) is 2.79. The molecule has 1 aromatic carbocycles. The Morgan fingerprint density at radius 2 is 2.00 bits per heavy atom. The van der Waals surface area contributed by atoms with Crippen molar-refractivity contribution >= 4 is 44.3 Å². The average Bonchev–Trinajstić information content (AvgIpc) is 2.11. The zero-order chi connectivity index (χ0) is 10.6. The second-order valence-electron chi connectivity index (χ2n) is 2.84. The second-order valence-corrected chi connectivity index (χ2v) is 4.61. The second kappa shape index (κ2) is 7.49. The molecule has 0 heterocycles. The Morgan fingerprint density at radius 3 is 2.53 bits per heavy atom. The Bertz CT molecular complexity index is 321. The normalized spacial score (nSPS) is 9.60. The van der Waals surface area contributed by atoms with E-state index in [-0.39, 0.29) is 12.4 Å². The van der Waals surface area contributed by atoms with E-state index in [1.807, 2.05) is 20.0 Å². The Labute approximate surface area is 113 Å². The van der Waals surface area contributed by atoms with Crippen LogP contribution in [0.5, 0.6) is 5.75 Å². The molecule has 0 fully saturated rings. The van der Waals surface area contributed by atoms with Crippen LogP contribution in [0.2, 0.25) is 0 Å². The molecule has 0 aliphatic rings. The topological polar surface area (TPSA) is 21.3 Å². The van der Waals surface area contributed by atoms with Gasteiger partial charge in [0.15, 0.2) is 0 Å². The zero-order valence-corrected chi connectivity index (χ0v) is 12.6. The first-order valence-corrected chi connectivity index (χ1v) is 6.03. The Morgan fingerprint density at radius 1 is 1.33 bits per heavy atom. The summed E-state index contributed by atoms with van der Waals surface area (Å²) < 4.78 is 7.61. The number of benzene rings is 1. The van der Waals surface area contributed by atoms with Gasteiger partial charge >= 0.3 is 0 Å². The highest BCUT2D eigenvalue weighted by molar-refractivity contribution is 9.11. The molecular formula is C10H14Br2ClNO. The Hall–Kier alpha value is 0.230. The smallest absolute Gasteiger partial charge is 0.138 e. The van der Waals surface area contributed by atoms with Gasteiger partial charge in [-0.25, -0.2) is 0 Å². The number of hydrogen-bond acceptors (Lipinski definition) is 2. The molecule has 1 N–H and O–H groups in total. The van der Waals surface area contributed by atoms with Crippen molar-refractivity contribution in [1.82, 2.24) is 5.32 Å². The monoisotopic (exact) mass is 357 g/mol. The maximum Gasteiger partial charge on any atom is 0.138 e. The van der Waals surface area contributed by atoms with Crippen LogP contribution in [0, 0.1) is 0 Å². The van der Waals surface area contributed by atoms with Gasteiger partial charge in [0.05, 0.1) is 11.1 Å². The number of halogens is 3. The van der Waals surface area contributed by atoms with Gasteiger partial charge in [0.2, 0.25) is 0 Å². The first-order valence-electron chi connectivity index (χ1n) is 4.44. The van der Waals surface area contributed by atoms with Crippen LogP contribution in [-0.2, 0) is 6.54 Å². The van der Waals surface area contributed by atoms with Gasteiger partial charge in [-0.1, -0.05) is 15.9 Å². The molecule has 15 heavy (non-hydrogen) atoms. The van der Waals surface area contributed by atoms with Crippen molar-refractivity contribution in [1.29, 1.82) is 0 Å². The number of rotatable bonds is 4. The van der Waals surface area contributed by atoms with Crippen molar-refractivity contribution in [2.45, 2.75) is 13.5 Å². The highest BCUT2D eigenvalue weighted by Crippen LogP contribution is 2.32. The molecule has 0 aromatic heterocycles. The van der Waals surface area contributed by atoms with E-state index in [1.54, 1.807) is 0 Å². The molecule has 0 saturated carbocycles. The van der Waals surface area contributed by atoms with Gasteiger partial charge < -0.3 is 10.1 Å². The lowest BCUT2D eigenvalue weighted by Gasteiger charge is -2.12. The highest BCUT2D eigenvalue weighted by Gasteiger charge is 2.08. The van der Waals surface area contributed by atoms with Crippen LogP contribution in [0.1, 0.15) is 12.5 Å². The molecule has 0 unspecified atom stereocenters. The fraction of sp³-hybridized carbons (Fsp3) is 0.400. The van der Waals surface area contributed by atoms with Crippen LogP contribution >= 0.6 is 44.3 Å². The minimum absolute atomic E-state index is 0. The summed E-state index contributed by atoms with van der Waals surface area (Å²) in [5.74, 6) is 0.921. The van der Waals surface area contributed by atoms with Crippen molar-refractivity contribution in [3.63, 3.8) is 0 Å². The highest BCUT2D eigenvalue weighted by atomic mass is 79.9. The van der Waals surface area contributed by atoms with Crippen molar-refractivity contribution in [3.05, 3.63) is 26.6 Å². The van der Waals surface area contributed by atoms with E-state index in [4.69, 9.17) is 4.74 Å². The van der Waals surface area contributed by atoms with Crippen LogP contribution in [0.25, 0.3) is 0 Å². The van der Waals surface area contributed by atoms with Gasteiger partial charge in [-0.05, 0) is 42.0 Å². The van der Waals surface area contributed by atoms with Crippen LogP contribution in [0.15, 0.2) is 21.1 Å². The Balaban J connectivity index is 0.00000196. The summed E-state index contributed by atoms with van der Waals surface area (Å²) in [4.78, 5) is 0. The van der Waals surface area contributed by atoms with Crippen LogP contribution in [0.4, 0.5) is 0 Å². The molecule has 0 spiro atoms. The van der Waals surface area contributed by atoms with E-state index in [0.29, 0.717) is 6.61 Å². The van der Waals surface area contributed by atoms with E-state index in [1.165, 1.54) is 0 Å². The fourth-order valence-corrected chi connectivity index (χ4v) is 2.67. The molecule has 2 nitrogen and oxygen atoms in total. The molecule has 5 heteroatoms. The summed E-state index contributed by atoms with van der Waals surface area (Å²) in [5, 5.41) is 3.12. The van der Waals surface area contributed by atoms with Crippen LogP contribution < -0.4 is 10.1 Å². The maximum absolute atomic E-state index is 5.57. The molecule has 1 rings (SSSR count). The van der Waals surface area contributed by atoms with E-state index in [9.17, 15) is 0 Å². The van der Waals surface area contributed by atoms with E-state index in [0.717, 1.165) is 26.8 Å². The minimum atomic E-state index is 0.